The van der Waals surface area contributed by atoms with Gasteiger partial charge < -0.3 is 4.98 Å². The lowest BCUT2D eigenvalue weighted by molar-refractivity contribution is 1.18. The van der Waals surface area contributed by atoms with Gasteiger partial charge in [0.15, 0.2) is 5.82 Å². The molecule has 7 nitrogen and oxygen atoms in total. The van der Waals surface area contributed by atoms with Gasteiger partial charge >= 0.3 is 0 Å². The van der Waals surface area contributed by atoms with Gasteiger partial charge in [0.25, 0.3) is 0 Å². The fraction of sp³-hybridized carbons (Fsp3) is 0. The van der Waals surface area contributed by atoms with Crippen LogP contribution >= 0.6 is 22.7 Å². The first kappa shape index (κ1) is 32.1. The van der Waals surface area contributed by atoms with Crippen LogP contribution in [0, 0.1) is 0 Å². The molecule has 0 spiro atoms. The van der Waals surface area contributed by atoms with Crippen LogP contribution < -0.4 is 0 Å². The van der Waals surface area contributed by atoms with Crippen molar-refractivity contribution in [2.75, 3.05) is 0 Å². The topological polar surface area (TPSA) is 93.1 Å². The monoisotopic (exact) mass is 765 g/mol. The van der Waals surface area contributed by atoms with E-state index in [9.17, 15) is 0 Å². The van der Waals surface area contributed by atoms with Crippen LogP contribution in [-0.4, -0.2) is 34.9 Å². The van der Waals surface area contributed by atoms with E-state index in [-0.39, 0.29) is 0 Å². The zero-order valence-corrected chi connectivity index (χ0v) is 31.6. The van der Waals surface area contributed by atoms with Crippen molar-refractivity contribution in [3.8, 4) is 55.3 Å². The SMILES string of the molecule is c1ccc2nc(-c3nc(-c4nccc5ccccc45)nc4cc(-c5cc6ccccc6s5)c(-c5nc6ccccc6[nH]5)c(-c5nc6ccccc6s5)c34)ccc2c1. The molecule has 12 aromatic rings. The Morgan fingerprint density at radius 2 is 1.23 bits per heavy atom. The molecule has 0 saturated heterocycles. The fourth-order valence-corrected chi connectivity index (χ4v) is 10.0. The number of hydrogen-bond acceptors (Lipinski definition) is 8. The van der Waals surface area contributed by atoms with E-state index in [0.717, 1.165) is 91.9 Å². The van der Waals surface area contributed by atoms with E-state index in [4.69, 9.17) is 29.9 Å². The summed E-state index contributed by atoms with van der Waals surface area (Å²) >= 11 is 3.42. The smallest absolute Gasteiger partial charge is 0.180 e. The summed E-state index contributed by atoms with van der Waals surface area (Å²) in [5.74, 6) is 1.27. The number of benzene rings is 6. The number of nitrogens with zero attached hydrogens (tertiary/aromatic N) is 6. The van der Waals surface area contributed by atoms with Crippen molar-refractivity contribution in [3.05, 3.63) is 158 Å². The molecule has 0 aliphatic heterocycles. The van der Waals surface area contributed by atoms with Crippen molar-refractivity contribution in [3.63, 3.8) is 0 Å². The number of hydrogen-bond donors (Lipinski definition) is 1. The molecule has 0 saturated carbocycles. The van der Waals surface area contributed by atoms with E-state index in [1.807, 2.05) is 66.9 Å². The molecule has 57 heavy (non-hydrogen) atoms. The normalized spacial score (nSPS) is 11.9. The summed E-state index contributed by atoms with van der Waals surface area (Å²) in [7, 11) is 0. The molecule has 0 amide bonds. The maximum atomic E-state index is 5.47. The van der Waals surface area contributed by atoms with Crippen molar-refractivity contribution < 1.29 is 0 Å². The average molecular weight is 766 g/mol. The summed E-state index contributed by atoms with van der Waals surface area (Å²) in [5.41, 5.74) is 9.40. The van der Waals surface area contributed by atoms with Crippen LogP contribution in [0.2, 0.25) is 0 Å². The van der Waals surface area contributed by atoms with E-state index in [2.05, 4.69) is 96.0 Å². The maximum Gasteiger partial charge on any atom is 0.180 e. The van der Waals surface area contributed by atoms with Gasteiger partial charge in [-0.15, -0.1) is 22.7 Å². The minimum Gasteiger partial charge on any atom is -0.338 e. The number of pyridine rings is 2. The van der Waals surface area contributed by atoms with Gasteiger partial charge in [-0.25, -0.2) is 24.9 Å². The van der Waals surface area contributed by atoms with Crippen molar-refractivity contribution in [2.24, 2.45) is 0 Å². The summed E-state index contributed by atoms with van der Waals surface area (Å²) in [6.45, 7) is 0. The minimum absolute atomic E-state index is 0.526. The third-order valence-corrected chi connectivity index (χ3v) is 12.7. The molecule has 0 unspecified atom stereocenters. The third kappa shape index (κ3) is 5.24. The quantitative estimate of drug-likeness (QED) is 0.187. The highest BCUT2D eigenvalue weighted by Crippen LogP contribution is 2.50. The number of fused-ring (bicyclic) bond motifs is 6. The molecule has 6 aromatic heterocycles. The predicted octanol–water partition coefficient (Wildman–Crippen LogP) is 12.8. The lowest BCUT2D eigenvalue weighted by Gasteiger charge is -2.18. The molecular weight excluding hydrogens is 739 g/mol. The zero-order valence-electron chi connectivity index (χ0n) is 30.0. The maximum absolute atomic E-state index is 5.47. The van der Waals surface area contributed by atoms with E-state index in [1.165, 1.54) is 10.1 Å². The Morgan fingerprint density at radius 1 is 0.474 bits per heavy atom. The highest BCUT2D eigenvalue weighted by molar-refractivity contribution is 7.22. The molecule has 6 heterocycles. The lowest BCUT2D eigenvalue weighted by atomic mass is 9.92. The molecule has 0 atom stereocenters. The van der Waals surface area contributed by atoms with Gasteiger partial charge in [-0.1, -0.05) is 91.0 Å². The molecule has 12 rings (SSSR count). The number of para-hydroxylation sites is 4. The number of nitrogens with one attached hydrogen (secondary N) is 1. The molecule has 0 fully saturated rings. The Kier molecular flexibility index (Phi) is 7.13. The van der Waals surface area contributed by atoms with Crippen molar-refractivity contribution in [2.45, 2.75) is 0 Å². The van der Waals surface area contributed by atoms with Crippen LogP contribution in [0.1, 0.15) is 0 Å². The van der Waals surface area contributed by atoms with E-state index in [0.29, 0.717) is 17.2 Å². The predicted molar refractivity (Wildman–Crippen MR) is 236 cm³/mol. The minimum atomic E-state index is 0.526. The van der Waals surface area contributed by atoms with Crippen LogP contribution in [-0.2, 0) is 0 Å². The van der Waals surface area contributed by atoms with Crippen LogP contribution in [0.15, 0.2) is 158 Å². The van der Waals surface area contributed by atoms with Crippen LogP contribution in [0.25, 0.3) is 119 Å². The largest absolute Gasteiger partial charge is 0.338 e. The molecule has 0 aliphatic rings. The Bertz CT molecular complexity index is 3460. The number of imidazole rings is 1. The summed E-state index contributed by atoms with van der Waals surface area (Å²) in [6, 6.07) is 52.1. The molecule has 0 bridgehead atoms. The zero-order chi connectivity index (χ0) is 37.5. The van der Waals surface area contributed by atoms with Crippen molar-refractivity contribution in [1.29, 1.82) is 0 Å². The second-order valence-electron chi connectivity index (χ2n) is 14.0. The summed E-state index contributed by atoms with van der Waals surface area (Å²) < 4.78 is 2.29. The molecule has 1 N–H and O–H groups in total. The summed E-state index contributed by atoms with van der Waals surface area (Å²) in [5, 5.41) is 5.98. The van der Waals surface area contributed by atoms with Gasteiger partial charge in [0.05, 0.1) is 38.0 Å². The number of rotatable bonds is 5. The summed E-state index contributed by atoms with van der Waals surface area (Å²) in [6.07, 6.45) is 1.83. The molecule has 0 radical (unpaired) electrons. The number of aromatic amines is 1. The standard InChI is InChI=1S/C48H27N7S2/c1-4-14-30-27(11-1)23-24-49-44(30)47-53-37-26-31(40-25-29-13-3-9-19-38(29)56-40)41(46-51-33-16-6-7-17-34(33)52-46)43(48-54-35-18-8-10-20-39(35)57-48)42(37)45(55-47)36-22-21-28-12-2-5-15-32(28)50-36/h1-26H,(H,51,52). The van der Waals surface area contributed by atoms with Gasteiger partial charge in [0, 0.05) is 48.6 Å². The fourth-order valence-electron chi connectivity index (χ4n) is 7.90. The van der Waals surface area contributed by atoms with E-state index >= 15 is 0 Å². The lowest BCUT2D eigenvalue weighted by Crippen LogP contribution is -2.02. The molecule has 9 heteroatoms. The number of aromatic nitrogens is 7. The Morgan fingerprint density at radius 3 is 2.09 bits per heavy atom. The van der Waals surface area contributed by atoms with E-state index < -0.39 is 0 Å². The second-order valence-corrected chi connectivity index (χ2v) is 16.1. The van der Waals surface area contributed by atoms with Gasteiger partial charge in [0.1, 0.15) is 22.2 Å². The number of H-pyrrole nitrogens is 1. The molecular formula is C48H27N7S2. The molecule has 266 valence electrons. The van der Waals surface area contributed by atoms with Crippen molar-refractivity contribution in [1.82, 2.24) is 34.9 Å². The van der Waals surface area contributed by atoms with Gasteiger partial charge in [-0.05, 0) is 71.4 Å². The Balaban J connectivity index is 1.29. The Labute approximate surface area is 333 Å². The van der Waals surface area contributed by atoms with Gasteiger partial charge in [0.2, 0.25) is 0 Å². The van der Waals surface area contributed by atoms with Crippen LogP contribution in [0.5, 0.6) is 0 Å². The molecule has 0 aliphatic carbocycles. The van der Waals surface area contributed by atoms with Crippen LogP contribution in [0.3, 0.4) is 0 Å². The highest BCUT2D eigenvalue weighted by atomic mass is 32.1. The van der Waals surface area contributed by atoms with Gasteiger partial charge in [-0.2, -0.15) is 0 Å². The highest BCUT2D eigenvalue weighted by Gasteiger charge is 2.28. The third-order valence-electron chi connectivity index (χ3n) is 10.5. The van der Waals surface area contributed by atoms with Crippen molar-refractivity contribution >= 4 is 86.6 Å². The first-order chi connectivity index (χ1) is 28.2. The van der Waals surface area contributed by atoms with Gasteiger partial charge in [-0.3, -0.25) is 4.98 Å². The Hall–Kier alpha value is -7.20. The number of thiazole rings is 1. The number of thiophene rings is 1. The second kappa shape index (κ2) is 12.7. The average Bonchev–Trinajstić information content (AvgIpc) is 4.02. The van der Waals surface area contributed by atoms with Crippen LogP contribution in [0.4, 0.5) is 0 Å². The summed E-state index contributed by atoms with van der Waals surface area (Å²) in [4.78, 5) is 36.5. The van der Waals surface area contributed by atoms with E-state index in [1.54, 1.807) is 22.7 Å². The first-order valence-electron chi connectivity index (χ1n) is 18.6. The molecule has 6 aromatic carbocycles. The first-order valence-corrected chi connectivity index (χ1v) is 20.2.